The highest BCUT2D eigenvalue weighted by Gasteiger charge is 2.24. The van der Waals surface area contributed by atoms with Crippen LogP contribution in [0.15, 0.2) is 72.8 Å². The number of ether oxygens (including phenoxy) is 6. The van der Waals surface area contributed by atoms with Gasteiger partial charge in [0.2, 0.25) is 0 Å². The number of para-hydroxylation sites is 3. The molecular formula is C36H52O6. The van der Waals surface area contributed by atoms with Gasteiger partial charge in [0, 0.05) is 0 Å². The van der Waals surface area contributed by atoms with Crippen LogP contribution in [0.4, 0.5) is 0 Å². The predicted octanol–water partition coefficient (Wildman–Crippen LogP) is 8.15. The van der Waals surface area contributed by atoms with Gasteiger partial charge in [0.15, 0.2) is 0 Å². The fourth-order valence-corrected chi connectivity index (χ4v) is 3.20. The third-order valence-electron chi connectivity index (χ3n) is 5.76. The van der Waals surface area contributed by atoms with Gasteiger partial charge in [-0.05, 0) is 55.7 Å². The second-order valence-corrected chi connectivity index (χ2v) is 10.5. The molecule has 3 saturated heterocycles. The lowest BCUT2D eigenvalue weighted by Crippen LogP contribution is -2.04. The Kier molecular flexibility index (Phi) is 17.4. The number of rotatable bonds is 9. The molecule has 3 unspecified atom stereocenters. The SMILES string of the molecule is CCC.CCC.Cc1ccccc1OCC1CO1.Cc1ccccc1OCC1CO1.Cc1ccccc1OCC1CO1. The average molecular weight is 581 g/mol. The highest BCUT2D eigenvalue weighted by atomic mass is 16.6. The number of hydrogen-bond donors (Lipinski definition) is 0. The second kappa shape index (κ2) is 20.8. The average Bonchev–Trinajstić information content (AvgIpc) is 3.82. The maximum atomic E-state index is 5.54. The minimum Gasteiger partial charge on any atom is -0.491 e. The molecule has 0 N–H and O–H groups in total. The van der Waals surface area contributed by atoms with Crippen LogP contribution in [0.2, 0.25) is 0 Å². The van der Waals surface area contributed by atoms with E-state index >= 15 is 0 Å². The zero-order chi connectivity index (χ0) is 30.6. The molecule has 42 heavy (non-hydrogen) atoms. The fraction of sp³-hybridized carbons (Fsp3) is 0.500. The number of hydrogen-bond acceptors (Lipinski definition) is 6. The lowest BCUT2D eigenvalue weighted by atomic mass is 10.2. The Morgan fingerprint density at radius 2 is 0.690 bits per heavy atom. The van der Waals surface area contributed by atoms with E-state index in [9.17, 15) is 0 Å². The summed E-state index contributed by atoms with van der Waals surface area (Å²) in [5, 5.41) is 0. The molecule has 6 nitrogen and oxygen atoms in total. The smallest absolute Gasteiger partial charge is 0.122 e. The highest BCUT2D eigenvalue weighted by Crippen LogP contribution is 2.20. The molecule has 0 bridgehead atoms. The second-order valence-electron chi connectivity index (χ2n) is 10.5. The van der Waals surface area contributed by atoms with E-state index in [0.717, 1.165) is 37.1 Å². The molecule has 6 heteroatoms. The minimum absolute atomic E-state index is 0.338. The van der Waals surface area contributed by atoms with Crippen molar-refractivity contribution >= 4 is 0 Å². The standard InChI is InChI=1S/3C10H12O2.2C3H8/c3*1-8-4-2-3-5-10(8)12-7-9-6-11-9;2*1-3-2/h3*2-5,9H,6-7H2,1H3;2*3H2,1-2H3. The fourth-order valence-electron chi connectivity index (χ4n) is 3.20. The van der Waals surface area contributed by atoms with E-state index in [0.29, 0.717) is 38.1 Å². The first kappa shape index (κ1) is 35.1. The molecule has 0 amide bonds. The zero-order valence-corrected chi connectivity index (χ0v) is 26.8. The highest BCUT2D eigenvalue weighted by molar-refractivity contribution is 5.33. The maximum absolute atomic E-state index is 5.54. The van der Waals surface area contributed by atoms with E-state index in [4.69, 9.17) is 28.4 Å². The van der Waals surface area contributed by atoms with Crippen molar-refractivity contribution in [3.8, 4) is 17.2 Å². The van der Waals surface area contributed by atoms with Crippen molar-refractivity contribution in [3.63, 3.8) is 0 Å². The van der Waals surface area contributed by atoms with E-state index < -0.39 is 0 Å². The van der Waals surface area contributed by atoms with Crippen molar-refractivity contribution in [2.24, 2.45) is 0 Å². The van der Waals surface area contributed by atoms with Crippen LogP contribution in [-0.4, -0.2) is 58.0 Å². The lowest BCUT2D eigenvalue weighted by Gasteiger charge is -2.06. The molecule has 3 aromatic carbocycles. The quantitative estimate of drug-likeness (QED) is 0.238. The van der Waals surface area contributed by atoms with Crippen molar-refractivity contribution in [1.82, 2.24) is 0 Å². The van der Waals surface area contributed by atoms with Gasteiger partial charge in [-0.3, -0.25) is 0 Å². The molecule has 0 saturated carbocycles. The van der Waals surface area contributed by atoms with Gasteiger partial charge in [0.25, 0.3) is 0 Å². The predicted molar refractivity (Wildman–Crippen MR) is 171 cm³/mol. The summed E-state index contributed by atoms with van der Waals surface area (Å²) in [6, 6.07) is 24.1. The third kappa shape index (κ3) is 16.4. The van der Waals surface area contributed by atoms with Crippen molar-refractivity contribution in [2.75, 3.05) is 39.6 Å². The number of benzene rings is 3. The van der Waals surface area contributed by atoms with Crippen LogP contribution in [0.3, 0.4) is 0 Å². The Balaban J connectivity index is 0.000000201. The molecule has 6 rings (SSSR count). The van der Waals surface area contributed by atoms with Crippen LogP contribution in [0, 0.1) is 20.8 Å². The Labute approximate surface area is 254 Å². The van der Waals surface area contributed by atoms with Crippen LogP contribution in [0.1, 0.15) is 57.2 Å². The van der Waals surface area contributed by atoms with Crippen LogP contribution in [0.5, 0.6) is 17.2 Å². The third-order valence-corrected chi connectivity index (χ3v) is 5.76. The molecule has 3 heterocycles. The van der Waals surface area contributed by atoms with E-state index in [1.807, 2.05) is 93.6 Å². The van der Waals surface area contributed by atoms with Gasteiger partial charge in [-0.15, -0.1) is 0 Å². The lowest BCUT2D eigenvalue weighted by molar-refractivity contribution is 0.262. The Bertz CT molecular complexity index is 967. The summed E-state index contributed by atoms with van der Waals surface area (Å²) in [4.78, 5) is 0. The van der Waals surface area contributed by atoms with Gasteiger partial charge in [-0.1, -0.05) is 95.1 Å². The van der Waals surface area contributed by atoms with Crippen LogP contribution in [0.25, 0.3) is 0 Å². The molecule has 3 aromatic rings. The van der Waals surface area contributed by atoms with Gasteiger partial charge < -0.3 is 28.4 Å². The van der Waals surface area contributed by atoms with Crippen molar-refractivity contribution < 1.29 is 28.4 Å². The molecule has 3 aliphatic rings. The summed E-state index contributed by atoms with van der Waals surface area (Å²) in [6.07, 6.45) is 3.51. The molecular weight excluding hydrogens is 528 g/mol. The van der Waals surface area contributed by atoms with Gasteiger partial charge in [0.1, 0.15) is 55.4 Å². The van der Waals surface area contributed by atoms with E-state index in [1.165, 1.54) is 29.5 Å². The molecule has 0 spiro atoms. The number of aryl methyl sites for hydroxylation is 3. The van der Waals surface area contributed by atoms with Crippen molar-refractivity contribution in [1.29, 1.82) is 0 Å². The molecule has 3 aliphatic heterocycles. The topological polar surface area (TPSA) is 65.3 Å². The van der Waals surface area contributed by atoms with Crippen LogP contribution < -0.4 is 14.2 Å². The van der Waals surface area contributed by atoms with Crippen LogP contribution in [-0.2, 0) is 14.2 Å². The van der Waals surface area contributed by atoms with Gasteiger partial charge in [-0.2, -0.15) is 0 Å². The summed E-state index contributed by atoms with van der Waals surface area (Å²) in [5.41, 5.74) is 3.54. The number of epoxide rings is 3. The minimum atomic E-state index is 0.338. The Hall–Kier alpha value is -3.06. The summed E-state index contributed by atoms with van der Waals surface area (Å²) in [7, 11) is 0. The van der Waals surface area contributed by atoms with Gasteiger partial charge in [-0.25, -0.2) is 0 Å². The Morgan fingerprint density at radius 3 is 0.881 bits per heavy atom. The maximum Gasteiger partial charge on any atom is 0.122 e. The summed E-state index contributed by atoms with van der Waals surface area (Å²) >= 11 is 0. The molecule has 0 aliphatic carbocycles. The van der Waals surface area contributed by atoms with E-state index in [1.54, 1.807) is 0 Å². The first-order valence-electron chi connectivity index (χ1n) is 15.3. The van der Waals surface area contributed by atoms with Crippen molar-refractivity contribution in [2.45, 2.75) is 79.6 Å². The van der Waals surface area contributed by atoms with Crippen LogP contribution >= 0.6 is 0 Å². The first-order chi connectivity index (χ1) is 20.4. The normalized spacial score (nSPS) is 18.5. The summed E-state index contributed by atoms with van der Waals surface area (Å²) in [6.45, 7) is 19.2. The molecule has 0 aromatic heterocycles. The van der Waals surface area contributed by atoms with Crippen molar-refractivity contribution in [3.05, 3.63) is 89.5 Å². The summed E-state index contributed by atoms with van der Waals surface area (Å²) in [5.74, 6) is 2.90. The summed E-state index contributed by atoms with van der Waals surface area (Å²) < 4.78 is 31.7. The molecule has 0 radical (unpaired) electrons. The Morgan fingerprint density at radius 1 is 0.476 bits per heavy atom. The van der Waals surface area contributed by atoms with Gasteiger partial charge >= 0.3 is 0 Å². The largest absolute Gasteiger partial charge is 0.491 e. The van der Waals surface area contributed by atoms with Gasteiger partial charge in [0.05, 0.1) is 19.8 Å². The molecule has 3 fully saturated rings. The molecule has 232 valence electrons. The zero-order valence-electron chi connectivity index (χ0n) is 26.8. The monoisotopic (exact) mass is 580 g/mol. The molecule has 3 atom stereocenters. The van der Waals surface area contributed by atoms with E-state index in [-0.39, 0.29) is 0 Å². The van der Waals surface area contributed by atoms with E-state index in [2.05, 4.69) is 27.7 Å². The first-order valence-corrected chi connectivity index (χ1v) is 15.3.